The highest BCUT2D eigenvalue weighted by molar-refractivity contribution is 5.72. The monoisotopic (exact) mass is 711 g/mol. The quantitative estimate of drug-likeness (QED) is 0.188. The van der Waals surface area contributed by atoms with Gasteiger partial charge in [0.05, 0.1) is 24.7 Å². The number of allylic oxidation sites excluding steroid dienone is 2. The number of rotatable bonds is 11. The lowest BCUT2D eigenvalue weighted by Crippen LogP contribution is -2.64. The molecule has 2 rings (SSSR count). The van der Waals surface area contributed by atoms with Crippen molar-refractivity contribution in [1.29, 1.82) is 0 Å². The Kier molecular flexibility index (Phi) is 18.3. The summed E-state index contributed by atoms with van der Waals surface area (Å²) in [6.07, 6.45) is -0.353. The van der Waals surface area contributed by atoms with Crippen LogP contribution < -0.4 is 0 Å². The lowest BCUT2D eigenvalue weighted by molar-refractivity contribution is -0.311. The van der Waals surface area contributed by atoms with Crippen LogP contribution in [0.4, 0.5) is 0 Å². The Morgan fingerprint density at radius 3 is 2.28 bits per heavy atom. The number of hydrogen-bond acceptors (Lipinski definition) is 14. The Labute approximate surface area is 295 Å². The molecule has 0 spiro atoms. The molecule has 2 aliphatic heterocycles. The summed E-state index contributed by atoms with van der Waals surface area (Å²) in [6.45, 7) is 9.63. The summed E-state index contributed by atoms with van der Waals surface area (Å²) in [4.78, 5) is 64.1. The third-order valence-corrected chi connectivity index (χ3v) is 8.78. The Balaban J connectivity index is 2.68. The number of cyclic esters (lactones) is 1. The average molecular weight is 712 g/mol. The number of ether oxygens (including phenoxy) is 7. The largest absolute Gasteiger partial charge is 0.462 e. The molecular formula is C36H57NO13. The zero-order valence-corrected chi connectivity index (χ0v) is 30.9. The first kappa shape index (κ1) is 43.0. The maximum atomic E-state index is 13.2. The van der Waals surface area contributed by atoms with Crippen molar-refractivity contribution >= 4 is 30.2 Å². The zero-order valence-electron chi connectivity index (χ0n) is 30.9. The minimum atomic E-state index is -1.37. The third kappa shape index (κ3) is 13.2. The van der Waals surface area contributed by atoms with Crippen LogP contribution in [0.1, 0.15) is 80.1 Å². The molecule has 1 fully saturated rings. The van der Waals surface area contributed by atoms with Crippen LogP contribution in [0.15, 0.2) is 24.3 Å². The molecule has 50 heavy (non-hydrogen) atoms. The van der Waals surface area contributed by atoms with Crippen molar-refractivity contribution in [2.24, 2.45) is 11.8 Å². The van der Waals surface area contributed by atoms with E-state index in [1.54, 1.807) is 51.1 Å². The second kappa shape index (κ2) is 21.3. The van der Waals surface area contributed by atoms with Gasteiger partial charge in [0.15, 0.2) is 6.29 Å². The number of esters is 4. The van der Waals surface area contributed by atoms with Crippen molar-refractivity contribution in [3.63, 3.8) is 0 Å². The molecule has 284 valence electrons. The first-order valence-electron chi connectivity index (χ1n) is 17.3. The predicted molar refractivity (Wildman–Crippen MR) is 180 cm³/mol. The summed E-state index contributed by atoms with van der Waals surface area (Å²) in [5.74, 6) is -3.33. The van der Waals surface area contributed by atoms with Gasteiger partial charge in [0.2, 0.25) is 0 Å². The van der Waals surface area contributed by atoms with E-state index in [1.165, 1.54) is 21.0 Å². The molecule has 0 aromatic heterocycles. The summed E-state index contributed by atoms with van der Waals surface area (Å²) >= 11 is 0. The van der Waals surface area contributed by atoms with Gasteiger partial charge in [-0.1, -0.05) is 32.1 Å². The van der Waals surface area contributed by atoms with Gasteiger partial charge >= 0.3 is 23.9 Å². The normalized spacial score (nSPS) is 35.7. The highest BCUT2D eigenvalue weighted by Crippen LogP contribution is 2.35. The van der Waals surface area contributed by atoms with Gasteiger partial charge in [-0.2, -0.15) is 0 Å². The molecule has 0 bridgehead atoms. The van der Waals surface area contributed by atoms with Crippen LogP contribution in [0.5, 0.6) is 0 Å². The third-order valence-electron chi connectivity index (χ3n) is 8.78. The molecule has 0 unspecified atom stereocenters. The van der Waals surface area contributed by atoms with E-state index in [1.807, 2.05) is 19.9 Å². The van der Waals surface area contributed by atoms with Gasteiger partial charge in [-0.05, 0) is 58.7 Å². The van der Waals surface area contributed by atoms with Crippen molar-refractivity contribution in [2.45, 2.75) is 141 Å². The molecule has 0 aromatic carbocycles. The Bertz CT molecular complexity index is 1170. The lowest BCUT2D eigenvalue weighted by atomic mass is 9.82. The van der Waals surface area contributed by atoms with Crippen LogP contribution >= 0.6 is 0 Å². The summed E-state index contributed by atoms with van der Waals surface area (Å²) in [7, 11) is 4.81. The Morgan fingerprint density at radius 2 is 1.70 bits per heavy atom. The summed E-state index contributed by atoms with van der Waals surface area (Å²) in [6, 6.07) is -0.757. The number of aliphatic hydroxyl groups excluding tert-OH is 1. The van der Waals surface area contributed by atoms with Crippen LogP contribution in [-0.2, 0) is 57.1 Å². The van der Waals surface area contributed by atoms with Crippen molar-refractivity contribution in [1.82, 2.24) is 4.90 Å². The number of carbonyl (C=O) groups is 5. The molecule has 0 aliphatic carbocycles. The summed E-state index contributed by atoms with van der Waals surface area (Å²) in [5, 5.41) is 11.7. The highest BCUT2D eigenvalue weighted by atomic mass is 16.7. The van der Waals surface area contributed by atoms with Gasteiger partial charge in [0.25, 0.3) is 0 Å². The van der Waals surface area contributed by atoms with Crippen LogP contribution in [0, 0.1) is 11.8 Å². The minimum Gasteiger partial charge on any atom is -0.462 e. The van der Waals surface area contributed by atoms with E-state index >= 15 is 0 Å². The van der Waals surface area contributed by atoms with E-state index in [0.717, 1.165) is 0 Å². The van der Waals surface area contributed by atoms with E-state index in [0.29, 0.717) is 19.1 Å². The molecule has 0 aromatic rings. The molecule has 14 nitrogen and oxygen atoms in total. The Morgan fingerprint density at radius 1 is 1.02 bits per heavy atom. The molecule has 14 heteroatoms. The summed E-state index contributed by atoms with van der Waals surface area (Å²) < 4.78 is 41.3. The number of hydrogen-bond donors (Lipinski definition) is 1. The highest BCUT2D eigenvalue weighted by Gasteiger charge is 2.50. The number of aldehydes is 1. The van der Waals surface area contributed by atoms with Crippen LogP contribution in [-0.4, -0.2) is 123 Å². The fourth-order valence-electron chi connectivity index (χ4n) is 6.49. The number of carbonyl (C=O) groups excluding carboxylic acids is 5. The molecule has 1 N–H and O–H groups in total. The fourth-order valence-corrected chi connectivity index (χ4v) is 6.49. The SMILES string of the molecule is CCCC(=O)O[C@H]1[C@H](N(C)C)[C@@H](O)[C@H](O[C@H]2[C@@H](CC=O)C[C@@H](C)[C@@H](OC(C)=O)/C=C/C=C/C[C@@H](C)OC(=O)C[C@@H](OC(C)=O)[C@@H]2OC)O[C@@H]1C. The molecule has 0 saturated carbocycles. The van der Waals surface area contributed by atoms with Crippen LogP contribution in [0.2, 0.25) is 0 Å². The molecule has 2 heterocycles. The zero-order chi connectivity index (χ0) is 37.5. The van der Waals surface area contributed by atoms with Gasteiger partial charge < -0.3 is 48.0 Å². The molecule has 2 aliphatic rings. The predicted octanol–water partition coefficient (Wildman–Crippen LogP) is 3.07. The second-order valence-electron chi connectivity index (χ2n) is 13.3. The van der Waals surface area contributed by atoms with Crippen molar-refractivity contribution in [2.75, 3.05) is 21.2 Å². The lowest BCUT2D eigenvalue weighted by Gasteiger charge is -2.47. The minimum absolute atomic E-state index is 0.0771. The van der Waals surface area contributed by atoms with Gasteiger partial charge in [-0.15, -0.1) is 0 Å². The molecule has 1 saturated heterocycles. The van der Waals surface area contributed by atoms with Gasteiger partial charge in [-0.3, -0.25) is 19.2 Å². The molecule has 0 amide bonds. The van der Waals surface area contributed by atoms with Crippen molar-refractivity contribution < 1.29 is 62.2 Å². The van der Waals surface area contributed by atoms with Gasteiger partial charge in [0, 0.05) is 40.2 Å². The number of likely N-dealkylation sites (N-methyl/N-ethyl adjacent to an activating group) is 1. The molecule has 0 radical (unpaired) electrons. The smallest absolute Gasteiger partial charge is 0.309 e. The van der Waals surface area contributed by atoms with Crippen molar-refractivity contribution in [3.8, 4) is 0 Å². The standard InChI is InChI=1S/C36H57NO13/c1-10-14-29(41)49-33-23(4)46-36(32(43)31(33)37(7)8)50-34-26(17-18-38)19-21(2)27(47-24(5)39)16-13-11-12-15-22(3)45-30(42)20-28(35(34)44-9)48-25(6)40/h11-13,16,18,21-23,26-28,31-36,43H,10,14-15,17,19-20H2,1-9H3/b12-11+,16-13+/t21-,22-,23-,26+,27+,28-,31-,32-,33-,34+,35+,36+/m1/s1. The van der Waals surface area contributed by atoms with E-state index in [2.05, 4.69) is 0 Å². The van der Waals surface area contributed by atoms with Gasteiger partial charge in [-0.25, -0.2) is 0 Å². The number of nitrogens with zero attached hydrogens (tertiary/aromatic N) is 1. The second-order valence-corrected chi connectivity index (χ2v) is 13.3. The van der Waals surface area contributed by atoms with Crippen LogP contribution in [0.3, 0.4) is 0 Å². The maximum absolute atomic E-state index is 13.2. The number of aliphatic hydroxyl groups is 1. The van der Waals surface area contributed by atoms with E-state index in [4.69, 9.17) is 33.2 Å². The summed E-state index contributed by atoms with van der Waals surface area (Å²) in [5.41, 5.74) is 0. The van der Waals surface area contributed by atoms with Crippen molar-refractivity contribution in [3.05, 3.63) is 24.3 Å². The maximum Gasteiger partial charge on any atom is 0.309 e. The topological polar surface area (TPSA) is 173 Å². The van der Waals surface area contributed by atoms with Crippen LogP contribution in [0.25, 0.3) is 0 Å². The first-order valence-corrected chi connectivity index (χ1v) is 17.3. The first-order chi connectivity index (χ1) is 23.6. The number of methoxy groups -OCH3 is 1. The van der Waals surface area contributed by atoms with E-state index < -0.39 is 97.4 Å². The van der Waals surface area contributed by atoms with E-state index in [9.17, 15) is 29.1 Å². The van der Waals surface area contributed by atoms with Gasteiger partial charge in [0.1, 0.15) is 42.9 Å². The van der Waals surface area contributed by atoms with E-state index in [-0.39, 0.29) is 25.2 Å². The average Bonchev–Trinajstić information content (AvgIpc) is 3.01. The molecular weight excluding hydrogens is 654 g/mol. The molecule has 12 atom stereocenters. The fraction of sp³-hybridized carbons (Fsp3) is 0.750. The Hall–Kier alpha value is -3.17.